The SMILES string of the molecule is CC(C)c1ccc(-c2cc(C(C)C)ccc2Nc2c(-c3ccc(C(C)C)cc3)ccc(N(c3ccc(C(C)C)cc3)c3cccc4c3oc3ccccc34)c2Cl)cc1. The van der Waals surface area contributed by atoms with E-state index in [-0.39, 0.29) is 0 Å². The van der Waals surface area contributed by atoms with Gasteiger partial charge in [-0.05, 0) is 99.5 Å². The molecule has 4 heteroatoms. The highest BCUT2D eigenvalue weighted by Crippen LogP contribution is 2.50. The van der Waals surface area contributed by atoms with Crippen LogP contribution in [-0.2, 0) is 0 Å². The summed E-state index contributed by atoms with van der Waals surface area (Å²) < 4.78 is 6.68. The fourth-order valence-electron chi connectivity index (χ4n) is 7.92. The van der Waals surface area contributed by atoms with E-state index < -0.39 is 0 Å². The lowest BCUT2D eigenvalue weighted by Gasteiger charge is -2.29. The van der Waals surface area contributed by atoms with Crippen LogP contribution in [0.2, 0.25) is 5.02 Å². The first-order valence-corrected chi connectivity index (χ1v) is 21.1. The van der Waals surface area contributed by atoms with Crippen molar-refractivity contribution in [3.05, 3.63) is 173 Å². The van der Waals surface area contributed by atoms with Gasteiger partial charge in [-0.1, -0.05) is 170 Å². The highest BCUT2D eigenvalue weighted by Gasteiger charge is 2.25. The van der Waals surface area contributed by atoms with Gasteiger partial charge in [-0.2, -0.15) is 0 Å². The lowest BCUT2D eigenvalue weighted by molar-refractivity contribution is 0.669. The maximum Gasteiger partial charge on any atom is 0.159 e. The van der Waals surface area contributed by atoms with Crippen LogP contribution >= 0.6 is 11.6 Å². The van der Waals surface area contributed by atoms with Gasteiger partial charge in [0.1, 0.15) is 5.58 Å². The van der Waals surface area contributed by atoms with Crippen molar-refractivity contribution in [3.63, 3.8) is 0 Å². The Morgan fingerprint density at radius 2 is 1.02 bits per heavy atom. The van der Waals surface area contributed by atoms with Gasteiger partial charge in [-0.25, -0.2) is 0 Å². The minimum absolute atomic E-state index is 0.376. The number of anilines is 5. The van der Waals surface area contributed by atoms with E-state index in [1.807, 2.05) is 12.1 Å². The number of rotatable bonds is 11. The maximum absolute atomic E-state index is 7.90. The number of halogens is 1. The van der Waals surface area contributed by atoms with Gasteiger partial charge in [0.05, 0.1) is 22.1 Å². The van der Waals surface area contributed by atoms with Crippen LogP contribution in [0.3, 0.4) is 0 Å². The van der Waals surface area contributed by atoms with Crippen LogP contribution in [-0.4, -0.2) is 0 Å². The molecule has 1 aromatic heterocycles. The molecule has 8 aromatic rings. The Morgan fingerprint density at radius 3 is 1.62 bits per heavy atom. The molecule has 0 unspecified atom stereocenters. The Bertz CT molecular complexity index is 2700. The van der Waals surface area contributed by atoms with E-state index in [0.717, 1.165) is 72.6 Å². The van der Waals surface area contributed by atoms with E-state index in [2.05, 4.69) is 199 Å². The van der Waals surface area contributed by atoms with Crippen molar-refractivity contribution < 1.29 is 4.42 Å². The van der Waals surface area contributed by atoms with Gasteiger partial charge in [0, 0.05) is 33.3 Å². The predicted molar refractivity (Wildman–Crippen MR) is 250 cm³/mol. The molecule has 7 aromatic carbocycles. The molecule has 8 rings (SSSR count). The molecule has 0 saturated carbocycles. The van der Waals surface area contributed by atoms with Gasteiger partial charge in [0.25, 0.3) is 0 Å². The zero-order chi connectivity index (χ0) is 40.7. The molecule has 0 fully saturated rings. The molecule has 3 nitrogen and oxygen atoms in total. The zero-order valence-electron chi connectivity index (χ0n) is 34.9. The summed E-state index contributed by atoms with van der Waals surface area (Å²) in [6.07, 6.45) is 0. The smallest absolute Gasteiger partial charge is 0.159 e. The van der Waals surface area contributed by atoms with Gasteiger partial charge in [-0.15, -0.1) is 0 Å². The van der Waals surface area contributed by atoms with Crippen LogP contribution in [0.25, 0.3) is 44.2 Å². The van der Waals surface area contributed by atoms with Gasteiger partial charge in [-0.3, -0.25) is 0 Å². The highest BCUT2D eigenvalue weighted by atomic mass is 35.5. The van der Waals surface area contributed by atoms with Crippen molar-refractivity contribution in [2.75, 3.05) is 10.2 Å². The molecule has 0 spiro atoms. The van der Waals surface area contributed by atoms with Crippen LogP contribution in [0.4, 0.5) is 28.4 Å². The number of para-hydroxylation sites is 2. The third kappa shape index (κ3) is 7.52. The lowest BCUT2D eigenvalue weighted by atomic mass is 9.93. The second-order valence-corrected chi connectivity index (χ2v) is 17.2. The monoisotopic (exact) mass is 780 g/mol. The summed E-state index contributed by atoms with van der Waals surface area (Å²) in [4.78, 5) is 2.25. The molecule has 0 aliphatic carbocycles. The molecule has 0 radical (unpaired) electrons. The average molecular weight is 781 g/mol. The Kier molecular flexibility index (Phi) is 10.9. The molecule has 0 bridgehead atoms. The van der Waals surface area contributed by atoms with Crippen molar-refractivity contribution in [2.24, 2.45) is 0 Å². The van der Waals surface area contributed by atoms with E-state index in [1.165, 1.54) is 22.3 Å². The predicted octanol–water partition coefficient (Wildman–Crippen LogP) is 17.3. The number of benzene rings is 7. The van der Waals surface area contributed by atoms with Gasteiger partial charge < -0.3 is 14.6 Å². The van der Waals surface area contributed by atoms with Crippen LogP contribution < -0.4 is 10.2 Å². The largest absolute Gasteiger partial charge is 0.454 e. The van der Waals surface area contributed by atoms with Gasteiger partial charge >= 0.3 is 0 Å². The zero-order valence-corrected chi connectivity index (χ0v) is 35.7. The number of fused-ring (bicyclic) bond motifs is 3. The molecule has 0 amide bonds. The summed E-state index contributed by atoms with van der Waals surface area (Å²) in [6, 6.07) is 52.5. The third-order valence-electron chi connectivity index (χ3n) is 11.6. The molecule has 0 aliphatic rings. The molecule has 0 atom stereocenters. The Balaban J connectivity index is 1.36. The van der Waals surface area contributed by atoms with Crippen molar-refractivity contribution in [1.82, 2.24) is 0 Å². The molecule has 58 heavy (non-hydrogen) atoms. The van der Waals surface area contributed by atoms with Crippen LogP contribution in [0, 0.1) is 0 Å². The van der Waals surface area contributed by atoms with Crippen LogP contribution in [0.1, 0.15) is 101 Å². The normalized spacial score (nSPS) is 11.8. The van der Waals surface area contributed by atoms with Crippen LogP contribution in [0.5, 0.6) is 0 Å². The third-order valence-corrected chi connectivity index (χ3v) is 11.9. The summed E-state index contributed by atoms with van der Waals surface area (Å²) in [5, 5.41) is 6.70. The van der Waals surface area contributed by atoms with Crippen LogP contribution in [0.15, 0.2) is 150 Å². The average Bonchev–Trinajstić information content (AvgIpc) is 3.62. The molecular weight excluding hydrogens is 728 g/mol. The van der Waals surface area contributed by atoms with Gasteiger partial charge in [0.15, 0.2) is 5.58 Å². The Labute approximate surface area is 349 Å². The molecular formula is C54H53ClN2O. The Morgan fingerprint density at radius 1 is 0.483 bits per heavy atom. The first kappa shape index (κ1) is 39.1. The topological polar surface area (TPSA) is 28.4 Å². The summed E-state index contributed by atoms with van der Waals surface area (Å²) in [5.74, 6) is 1.66. The number of nitrogens with one attached hydrogen (secondary N) is 1. The second kappa shape index (κ2) is 16.2. The van der Waals surface area contributed by atoms with E-state index >= 15 is 0 Å². The van der Waals surface area contributed by atoms with E-state index in [4.69, 9.17) is 16.0 Å². The van der Waals surface area contributed by atoms with Gasteiger partial charge in [0.2, 0.25) is 0 Å². The number of hydrogen-bond acceptors (Lipinski definition) is 3. The molecule has 1 N–H and O–H groups in total. The van der Waals surface area contributed by atoms with Crippen molar-refractivity contribution in [1.29, 1.82) is 0 Å². The minimum atomic E-state index is 0.376. The number of nitrogens with zero attached hydrogens (tertiary/aromatic N) is 1. The number of hydrogen-bond donors (Lipinski definition) is 1. The Hall–Kier alpha value is -5.77. The standard InChI is InChI=1S/C54H53ClN2O/c1-33(2)37-16-20-40(21-17-37)44-29-31-49(52(55)53(44)56-48-30-26-42(36(7)8)32-47(48)41-22-18-38(19-23-41)34(3)4)57(43-27-24-39(25-28-43)35(5)6)50-14-11-13-46-45-12-9-10-15-51(45)58-54(46)50/h9-36,56H,1-8H3. The van der Waals surface area contributed by atoms with Crippen molar-refractivity contribution in [3.8, 4) is 22.3 Å². The number of furan rings is 1. The summed E-state index contributed by atoms with van der Waals surface area (Å²) >= 11 is 7.90. The fourth-order valence-corrected chi connectivity index (χ4v) is 8.22. The summed E-state index contributed by atoms with van der Waals surface area (Å²) in [5.41, 5.74) is 15.8. The first-order valence-electron chi connectivity index (χ1n) is 20.7. The van der Waals surface area contributed by atoms with Crippen molar-refractivity contribution in [2.45, 2.75) is 79.1 Å². The minimum Gasteiger partial charge on any atom is -0.454 e. The fraction of sp³-hybridized carbons (Fsp3) is 0.222. The van der Waals surface area contributed by atoms with E-state index in [1.54, 1.807) is 0 Å². The molecule has 0 aliphatic heterocycles. The van der Waals surface area contributed by atoms with Crippen molar-refractivity contribution >= 4 is 62.0 Å². The lowest BCUT2D eigenvalue weighted by Crippen LogP contribution is -2.12. The highest BCUT2D eigenvalue weighted by molar-refractivity contribution is 6.37. The molecule has 292 valence electrons. The summed E-state index contributed by atoms with van der Waals surface area (Å²) in [6.45, 7) is 17.9. The quantitative estimate of drug-likeness (QED) is 0.142. The van der Waals surface area contributed by atoms with E-state index in [9.17, 15) is 0 Å². The molecule has 0 saturated heterocycles. The maximum atomic E-state index is 7.90. The first-order chi connectivity index (χ1) is 28.0. The summed E-state index contributed by atoms with van der Waals surface area (Å²) in [7, 11) is 0. The van der Waals surface area contributed by atoms with E-state index in [0.29, 0.717) is 28.7 Å². The molecule has 1 heterocycles. The second-order valence-electron chi connectivity index (χ2n) is 16.8.